The smallest absolute Gasteiger partial charge is 0.0666 e. The molecule has 1 heterocycles. The molecule has 2 N–H and O–H groups in total. The number of nitrogens with two attached hydrogens (primary N) is 1. The lowest BCUT2D eigenvalue weighted by Crippen LogP contribution is -1.96. The van der Waals surface area contributed by atoms with Crippen LogP contribution in [0, 0.1) is 6.92 Å². The Balaban J connectivity index is 2.47. The Morgan fingerprint density at radius 2 is 2.14 bits per heavy atom. The van der Waals surface area contributed by atoms with Gasteiger partial charge in [-0.3, -0.25) is 0 Å². The number of rotatable bonds is 1. The maximum absolute atomic E-state index is 5.78. The van der Waals surface area contributed by atoms with E-state index in [9.17, 15) is 0 Å². The van der Waals surface area contributed by atoms with Gasteiger partial charge in [-0.2, -0.15) is 5.10 Å². The number of hydrogen-bond donors (Lipinski definition) is 1. The van der Waals surface area contributed by atoms with E-state index in [1.807, 2.05) is 37.4 Å². The Hall–Kier alpha value is -1.29. The molecule has 0 saturated heterocycles. The Kier molecular flexibility index (Phi) is 2.29. The molecule has 3 nitrogen and oxygen atoms in total. The van der Waals surface area contributed by atoms with Gasteiger partial charge >= 0.3 is 0 Å². The van der Waals surface area contributed by atoms with E-state index in [-0.39, 0.29) is 0 Å². The van der Waals surface area contributed by atoms with Gasteiger partial charge in [-0.1, -0.05) is 0 Å². The Labute approximate surface area is 90.7 Å². The van der Waals surface area contributed by atoms with Crippen LogP contribution in [0.4, 0.5) is 5.69 Å². The van der Waals surface area contributed by atoms with Gasteiger partial charge in [-0.05, 0) is 47.1 Å². The molecule has 1 aromatic heterocycles. The fraction of sp³-hybridized carbons (Fsp3) is 0.100. The minimum absolute atomic E-state index is 0.718. The summed E-state index contributed by atoms with van der Waals surface area (Å²) in [6, 6.07) is 7.73. The predicted molar refractivity (Wildman–Crippen MR) is 60.4 cm³/mol. The van der Waals surface area contributed by atoms with Gasteiger partial charge in [0.25, 0.3) is 0 Å². The topological polar surface area (TPSA) is 43.8 Å². The summed E-state index contributed by atoms with van der Waals surface area (Å²) < 4.78 is 2.71. The third-order valence-corrected chi connectivity index (χ3v) is 2.69. The van der Waals surface area contributed by atoms with Gasteiger partial charge in [0.15, 0.2) is 0 Å². The van der Waals surface area contributed by atoms with Crippen molar-refractivity contribution in [3.05, 3.63) is 40.6 Å². The van der Waals surface area contributed by atoms with Crippen molar-refractivity contribution in [2.24, 2.45) is 0 Å². The molecule has 0 aliphatic carbocycles. The van der Waals surface area contributed by atoms with E-state index in [0.717, 1.165) is 21.5 Å². The fourth-order valence-electron chi connectivity index (χ4n) is 1.23. The summed E-state index contributed by atoms with van der Waals surface area (Å²) in [6.45, 7) is 1.96. The largest absolute Gasteiger partial charge is 0.398 e. The quantitative estimate of drug-likeness (QED) is 0.792. The molecular formula is C10H10BrN3. The zero-order chi connectivity index (χ0) is 10.1. The molecule has 2 rings (SSSR count). The number of aromatic nitrogens is 2. The van der Waals surface area contributed by atoms with Crippen LogP contribution >= 0.6 is 15.9 Å². The molecular weight excluding hydrogens is 242 g/mol. The van der Waals surface area contributed by atoms with Crippen molar-refractivity contribution in [3.8, 4) is 5.69 Å². The summed E-state index contributed by atoms with van der Waals surface area (Å²) in [4.78, 5) is 0. The molecule has 0 unspecified atom stereocenters. The lowest BCUT2D eigenvalue weighted by Gasteiger charge is -2.03. The zero-order valence-corrected chi connectivity index (χ0v) is 9.32. The summed E-state index contributed by atoms with van der Waals surface area (Å²) in [5, 5.41) is 4.30. The molecule has 4 heteroatoms. The van der Waals surface area contributed by atoms with Crippen molar-refractivity contribution >= 4 is 21.6 Å². The number of hydrogen-bond acceptors (Lipinski definition) is 2. The molecule has 0 saturated carbocycles. The van der Waals surface area contributed by atoms with Crippen LogP contribution in [0.2, 0.25) is 0 Å². The summed E-state index contributed by atoms with van der Waals surface area (Å²) in [7, 11) is 0. The third kappa shape index (κ3) is 1.65. The Bertz CT molecular complexity index is 462. The lowest BCUT2D eigenvalue weighted by atomic mass is 10.3. The summed E-state index contributed by atoms with van der Waals surface area (Å²) in [5.41, 5.74) is 8.46. The van der Waals surface area contributed by atoms with E-state index in [1.54, 1.807) is 4.68 Å². The van der Waals surface area contributed by atoms with Gasteiger partial charge in [0.2, 0.25) is 0 Å². The van der Waals surface area contributed by atoms with Crippen LogP contribution in [-0.2, 0) is 0 Å². The van der Waals surface area contributed by atoms with E-state index in [2.05, 4.69) is 21.0 Å². The molecule has 0 fully saturated rings. The number of nitrogen functional groups attached to an aromatic ring is 1. The van der Waals surface area contributed by atoms with Crippen molar-refractivity contribution in [2.45, 2.75) is 6.92 Å². The maximum atomic E-state index is 5.78. The first-order valence-electron chi connectivity index (χ1n) is 4.24. The van der Waals surface area contributed by atoms with Crippen molar-refractivity contribution in [1.82, 2.24) is 9.78 Å². The molecule has 1 aromatic carbocycles. The first-order chi connectivity index (χ1) is 6.66. The monoisotopic (exact) mass is 251 g/mol. The van der Waals surface area contributed by atoms with Crippen LogP contribution < -0.4 is 5.73 Å². The second-order valence-electron chi connectivity index (χ2n) is 3.11. The van der Waals surface area contributed by atoms with Crippen LogP contribution in [0.5, 0.6) is 0 Å². The van der Waals surface area contributed by atoms with E-state index < -0.39 is 0 Å². The number of halogens is 1. The SMILES string of the molecule is Cc1ccn(-c2ccc(Br)c(N)c2)n1. The van der Waals surface area contributed by atoms with E-state index >= 15 is 0 Å². The van der Waals surface area contributed by atoms with E-state index in [4.69, 9.17) is 5.73 Å². The maximum Gasteiger partial charge on any atom is 0.0666 e. The molecule has 0 aliphatic heterocycles. The summed E-state index contributed by atoms with van der Waals surface area (Å²) >= 11 is 3.35. The molecule has 0 amide bonds. The zero-order valence-electron chi connectivity index (χ0n) is 7.74. The second kappa shape index (κ2) is 3.46. The predicted octanol–water partition coefficient (Wildman–Crippen LogP) is 2.53. The lowest BCUT2D eigenvalue weighted by molar-refractivity contribution is 0.863. The van der Waals surface area contributed by atoms with Crippen LogP contribution in [-0.4, -0.2) is 9.78 Å². The minimum Gasteiger partial charge on any atom is -0.398 e. The normalized spacial score (nSPS) is 10.4. The number of benzene rings is 1. The number of anilines is 1. The minimum atomic E-state index is 0.718. The molecule has 0 bridgehead atoms. The van der Waals surface area contributed by atoms with Gasteiger partial charge in [-0.15, -0.1) is 0 Å². The molecule has 0 radical (unpaired) electrons. The van der Waals surface area contributed by atoms with Crippen LogP contribution in [0.25, 0.3) is 5.69 Å². The molecule has 0 atom stereocenters. The van der Waals surface area contributed by atoms with Crippen molar-refractivity contribution in [1.29, 1.82) is 0 Å². The van der Waals surface area contributed by atoms with Crippen molar-refractivity contribution in [3.63, 3.8) is 0 Å². The highest BCUT2D eigenvalue weighted by atomic mass is 79.9. The molecule has 0 aliphatic rings. The highest BCUT2D eigenvalue weighted by Crippen LogP contribution is 2.21. The van der Waals surface area contributed by atoms with Gasteiger partial charge in [0.1, 0.15) is 0 Å². The Morgan fingerprint density at radius 3 is 2.71 bits per heavy atom. The highest BCUT2D eigenvalue weighted by Gasteiger charge is 2.00. The standard InChI is InChI=1S/C10H10BrN3/c1-7-4-5-14(13-7)8-2-3-9(11)10(12)6-8/h2-6H,12H2,1H3. The molecule has 2 aromatic rings. The van der Waals surface area contributed by atoms with Gasteiger partial charge in [0, 0.05) is 16.4 Å². The van der Waals surface area contributed by atoms with Crippen LogP contribution in [0.1, 0.15) is 5.69 Å². The van der Waals surface area contributed by atoms with E-state index in [0.29, 0.717) is 0 Å². The highest BCUT2D eigenvalue weighted by molar-refractivity contribution is 9.10. The summed E-state index contributed by atoms with van der Waals surface area (Å²) in [5.74, 6) is 0. The van der Waals surface area contributed by atoms with Crippen LogP contribution in [0.15, 0.2) is 34.9 Å². The fourth-order valence-corrected chi connectivity index (χ4v) is 1.48. The molecule has 72 valence electrons. The first-order valence-corrected chi connectivity index (χ1v) is 5.04. The molecule has 0 spiro atoms. The second-order valence-corrected chi connectivity index (χ2v) is 3.96. The number of aryl methyl sites for hydroxylation is 1. The summed E-state index contributed by atoms with van der Waals surface area (Å²) in [6.07, 6.45) is 1.91. The molecule has 14 heavy (non-hydrogen) atoms. The van der Waals surface area contributed by atoms with Gasteiger partial charge in [-0.25, -0.2) is 4.68 Å². The number of nitrogens with zero attached hydrogens (tertiary/aromatic N) is 2. The van der Waals surface area contributed by atoms with Crippen molar-refractivity contribution in [2.75, 3.05) is 5.73 Å². The van der Waals surface area contributed by atoms with E-state index in [1.165, 1.54) is 0 Å². The third-order valence-electron chi connectivity index (χ3n) is 1.97. The van der Waals surface area contributed by atoms with Gasteiger partial charge in [0.05, 0.1) is 11.4 Å². The van der Waals surface area contributed by atoms with Gasteiger partial charge < -0.3 is 5.73 Å². The average Bonchev–Trinajstić information content (AvgIpc) is 2.57. The van der Waals surface area contributed by atoms with Crippen LogP contribution in [0.3, 0.4) is 0 Å². The average molecular weight is 252 g/mol. The first kappa shape index (κ1) is 9.27. The Morgan fingerprint density at radius 1 is 1.36 bits per heavy atom. The van der Waals surface area contributed by atoms with Crippen molar-refractivity contribution < 1.29 is 0 Å².